The van der Waals surface area contributed by atoms with Gasteiger partial charge in [0.05, 0.1) is 6.61 Å². The van der Waals surface area contributed by atoms with E-state index in [-0.39, 0.29) is 18.6 Å². The first kappa shape index (κ1) is 22.9. The Labute approximate surface area is 154 Å². The molecule has 0 spiro atoms. The molecule has 6 heteroatoms. The lowest BCUT2D eigenvalue weighted by molar-refractivity contribution is -0.365. The van der Waals surface area contributed by atoms with E-state index in [2.05, 4.69) is 6.92 Å². The third-order valence-corrected chi connectivity index (χ3v) is 4.49. The largest absolute Gasteiger partial charge is 0.331 e. The lowest BCUT2D eigenvalue weighted by Gasteiger charge is -2.30. The highest BCUT2D eigenvalue weighted by molar-refractivity contribution is 5.20. The standard InChI is InChI=1S/C20H31F3O3/c1-4-5-6-7-8-9-10-12-20(24-2,25-3)26-13-11-17-18(22)14-16(21)15-19(17)23/h14-15H,4-13H2,1-3H3. The van der Waals surface area contributed by atoms with Crippen LogP contribution >= 0.6 is 0 Å². The van der Waals surface area contributed by atoms with Crippen molar-refractivity contribution in [2.75, 3.05) is 20.8 Å². The minimum Gasteiger partial charge on any atom is -0.331 e. The van der Waals surface area contributed by atoms with E-state index in [1.807, 2.05) is 0 Å². The van der Waals surface area contributed by atoms with E-state index in [0.29, 0.717) is 18.6 Å². The van der Waals surface area contributed by atoms with Crippen molar-refractivity contribution >= 4 is 0 Å². The molecule has 0 amide bonds. The molecular formula is C20H31F3O3. The molecule has 1 rings (SSSR count). The van der Waals surface area contributed by atoms with Crippen LogP contribution in [-0.2, 0) is 20.6 Å². The molecule has 0 saturated carbocycles. The molecule has 0 N–H and O–H groups in total. The van der Waals surface area contributed by atoms with Crippen LogP contribution in [0.2, 0.25) is 0 Å². The maximum Gasteiger partial charge on any atom is 0.282 e. The van der Waals surface area contributed by atoms with Crippen LogP contribution in [0.3, 0.4) is 0 Å². The van der Waals surface area contributed by atoms with E-state index < -0.39 is 23.4 Å². The van der Waals surface area contributed by atoms with Crippen molar-refractivity contribution in [2.24, 2.45) is 0 Å². The Bertz CT molecular complexity index is 496. The molecular weight excluding hydrogens is 345 g/mol. The summed E-state index contributed by atoms with van der Waals surface area (Å²) in [5.41, 5.74) is -0.205. The molecule has 1 aromatic rings. The normalized spacial score (nSPS) is 11.9. The zero-order valence-corrected chi connectivity index (χ0v) is 16.1. The Hall–Kier alpha value is -1.11. The van der Waals surface area contributed by atoms with Crippen LogP contribution in [0.1, 0.15) is 63.9 Å². The highest BCUT2D eigenvalue weighted by atomic mass is 19.1. The van der Waals surface area contributed by atoms with Crippen molar-refractivity contribution in [1.82, 2.24) is 0 Å². The van der Waals surface area contributed by atoms with E-state index in [4.69, 9.17) is 14.2 Å². The van der Waals surface area contributed by atoms with Gasteiger partial charge < -0.3 is 14.2 Å². The molecule has 0 atom stereocenters. The Morgan fingerprint density at radius 1 is 0.846 bits per heavy atom. The first-order valence-electron chi connectivity index (χ1n) is 9.35. The van der Waals surface area contributed by atoms with Gasteiger partial charge in [-0.05, 0) is 6.42 Å². The van der Waals surface area contributed by atoms with Gasteiger partial charge in [0, 0.05) is 44.8 Å². The fourth-order valence-electron chi connectivity index (χ4n) is 2.90. The molecule has 0 aromatic heterocycles. The van der Waals surface area contributed by atoms with Crippen LogP contribution in [0, 0.1) is 17.5 Å². The monoisotopic (exact) mass is 376 g/mol. The average molecular weight is 376 g/mol. The third kappa shape index (κ3) is 7.64. The van der Waals surface area contributed by atoms with Crippen molar-refractivity contribution in [3.63, 3.8) is 0 Å². The highest BCUT2D eigenvalue weighted by Gasteiger charge is 2.30. The van der Waals surface area contributed by atoms with Gasteiger partial charge in [0.15, 0.2) is 0 Å². The van der Waals surface area contributed by atoms with Gasteiger partial charge in [0.2, 0.25) is 0 Å². The van der Waals surface area contributed by atoms with Gasteiger partial charge in [0.1, 0.15) is 17.5 Å². The number of halogens is 3. The Kier molecular flexibility index (Phi) is 10.9. The lowest BCUT2D eigenvalue weighted by atomic mass is 10.1. The third-order valence-electron chi connectivity index (χ3n) is 4.49. The summed E-state index contributed by atoms with van der Waals surface area (Å²) >= 11 is 0. The molecule has 0 fully saturated rings. The predicted molar refractivity (Wildman–Crippen MR) is 95.3 cm³/mol. The number of hydrogen-bond donors (Lipinski definition) is 0. The van der Waals surface area contributed by atoms with Gasteiger partial charge >= 0.3 is 0 Å². The molecule has 0 radical (unpaired) electrons. The van der Waals surface area contributed by atoms with Crippen molar-refractivity contribution in [2.45, 2.75) is 70.7 Å². The van der Waals surface area contributed by atoms with Crippen molar-refractivity contribution in [3.8, 4) is 0 Å². The molecule has 3 nitrogen and oxygen atoms in total. The number of hydrogen-bond acceptors (Lipinski definition) is 3. The molecule has 0 aliphatic rings. The summed E-state index contributed by atoms with van der Waals surface area (Å²) in [6.07, 6.45) is 8.50. The molecule has 1 aromatic carbocycles. The number of rotatable bonds is 14. The summed E-state index contributed by atoms with van der Waals surface area (Å²) in [4.78, 5) is 0. The topological polar surface area (TPSA) is 27.7 Å². The first-order chi connectivity index (χ1) is 12.5. The van der Waals surface area contributed by atoms with Crippen molar-refractivity contribution in [1.29, 1.82) is 0 Å². The van der Waals surface area contributed by atoms with Crippen molar-refractivity contribution in [3.05, 3.63) is 35.1 Å². The molecule has 0 aliphatic heterocycles. The van der Waals surface area contributed by atoms with Gasteiger partial charge in [-0.3, -0.25) is 0 Å². The summed E-state index contributed by atoms with van der Waals surface area (Å²) in [5.74, 6) is -4.00. The smallest absolute Gasteiger partial charge is 0.282 e. The number of unbranched alkanes of at least 4 members (excludes halogenated alkanes) is 6. The van der Waals surface area contributed by atoms with Crippen LogP contribution in [0.5, 0.6) is 0 Å². The van der Waals surface area contributed by atoms with E-state index >= 15 is 0 Å². The molecule has 0 bridgehead atoms. The minimum atomic E-state index is -1.23. The molecule has 0 unspecified atom stereocenters. The Balaban J connectivity index is 2.44. The van der Waals surface area contributed by atoms with Crippen LogP contribution in [-0.4, -0.2) is 26.8 Å². The summed E-state index contributed by atoms with van der Waals surface area (Å²) in [6.45, 7) is 2.18. The van der Waals surface area contributed by atoms with E-state index in [1.54, 1.807) is 0 Å². The summed E-state index contributed by atoms with van der Waals surface area (Å²) in [5, 5.41) is 0. The van der Waals surface area contributed by atoms with Gasteiger partial charge in [-0.25, -0.2) is 13.2 Å². The fourth-order valence-corrected chi connectivity index (χ4v) is 2.90. The minimum absolute atomic E-state index is 0.00233. The van der Waals surface area contributed by atoms with Crippen molar-refractivity contribution < 1.29 is 27.4 Å². The van der Waals surface area contributed by atoms with Crippen LogP contribution in [0.25, 0.3) is 0 Å². The van der Waals surface area contributed by atoms with E-state index in [9.17, 15) is 13.2 Å². The van der Waals surface area contributed by atoms with Gasteiger partial charge in [-0.15, -0.1) is 0 Å². The molecule has 26 heavy (non-hydrogen) atoms. The summed E-state index contributed by atoms with van der Waals surface area (Å²) < 4.78 is 56.7. The molecule has 0 saturated heterocycles. The number of benzene rings is 1. The van der Waals surface area contributed by atoms with E-state index in [0.717, 1.165) is 19.3 Å². The SMILES string of the molecule is CCCCCCCCCC(OC)(OC)OCCc1c(F)cc(F)cc1F. The average Bonchev–Trinajstić information content (AvgIpc) is 2.61. The molecule has 150 valence electrons. The fraction of sp³-hybridized carbons (Fsp3) is 0.700. The molecule has 0 aliphatic carbocycles. The van der Waals surface area contributed by atoms with E-state index in [1.165, 1.54) is 39.9 Å². The van der Waals surface area contributed by atoms with Crippen LogP contribution < -0.4 is 0 Å². The predicted octanol–water partition coefficient (Wildman–Crippen LogP) is 5.75. The number of methoxy groups -OCH3 is 2. The van der Waals surface area contributed by atoms with Crippen LogP contribution in [0.15, 0.2) is 12.1 Å². The zero-order valence-electron chi connectivity index (χ0n) is 16.1. The van der Waals surface area contributed by atoms with Crippen LogP contribution in [0.4, 0.5) is 13.2 Å². The summed E-state index contributed by atoms with van der Waals surface area (Å²) in [6, 6.07) is 1.33. The zero-order chi connectivity index (χ0) is 19.4. The second-order valence-corrected chi connectivity index (χ2v) is 6.41. The Morgan fingerprint density at radius 3 is 1.92 bits per heavy atom. The van der Waals surface area contributed by atoms with Gasteiger partial charge in [-0.1, -0.05) is 45.4 Å². The quantitative estimate of drug-likeness (QED) is 0.306. The molecule has 0 heterocycles. The lowest BCUT2D eigenvalue weighted by Crippen LogP contribution is -2.37. The number of ether oxygens (including phenoxy) is 3. The van der Waals surface area contributed by atoms with Gasteiger partial charge in [0.25, 0.3) is 5.97 Å². The highest BCUT2D eigenvalue weighted by Crippen LogP contribution is 2.24. The second kappa shape index (κ2) is 12.3. The second-order valence-electron chi connectivity index (χ2n) is 6.41. The Morgan fingerprint density at radius 2 is 1.38 bits per heavy atom. The first-order valence-corrected chi connectivity index (χ1v) is 9.35. The summed E-state index contributed by atoms with van der Waals surface area (Å²) in [7, 11) is 2.95. The maximum atomic E-state index is 13.7. The van der Waals surface area contributed by atoms with Gasteiger partial charge in [-0.2, -0.15) is 0 Å². The maximum absolute atomic E-state index is 13.7.